The van der Waals surface area contributed by atoms with Gasteiger partial charge in [-0.1, -0.05) is 35.9 Å². The van der Waals surface area contributed by atoms with Crippen molar-refractivity contribution in [3.05, 3.63) is 59.2 Å². The molecule has 0 unspecified atom stereocenters. The standard InChI is InChI=1S/C17H13ClF3N3O2S/c1-24-16(17(19,20)21)14(10-2-6-12(18)7-3-10)15(23-24)11-4-8-13(9-5-11)27(22,25)26/h2-9H,1H3,(H2,22,25,26). The lowest BCUT2D eigenvalue weighted by Gasteiger charge is -2.11. The molecule has 2 aromatic carbocycles. The van der Waals surface area contributed by atoms with Gasteiger partial charge in [0.25, 0.3) is 0 Å². The zero-order chi connectivity index (χ0) is 20.0. The minimum Gasteiger partial charge on any atom is -0.262 e. The van der Waals surface area contributed by atoms with Gasteiger partial charge in [0.2, 0.25) is 10.0 Å². The summed E-state index contributed by atoms with van der Waals surface area (Å²) in [5.41, 5.74) is -0.378. The predicted molar refractivity (Wildman–Crippen MR) is 95.5 cm³/mol. The van der Waals surface area contributed by atoms with Crippen molar-refractivity contribution in [2.75, 3.05) is 0 Å². The molecule has 2 N–H and O–H groups in total. The highest BCUT2D eigenvalue weighted by Crippen LogP contribution is 2.42. The molecule has 1 heterocycles. The first-order valence-corrected chi connectivity index (χ1v) is 9.44. The molecule has 0 radical (unpaired) electrons. The zero-order valence-electron chi connectivity index (χ0n) is 13.8. The van der Waals surface area contributed by atoms with E-state index in [0.717, 1.165) is 4.68 Å². The monoisotopic (exact) mass is 415 g/mol. The van der Waals surface area contributed by atoms with Gasteiger partial charge in [0.1, 0.15) is 5.69 Å². The number of benzene rings is 2. The maximum atomic E-state index is 13.6. The predicted octanol–water partition coefficient (Wildman–Crippen LogP) is 4.07. The van der Waals surface area contributed by atoms with E-state index in [0.29, 0.717) is 10.6 Å². The molecule has 0 aliphatic carbocycles. The topological polar surface area (TPSA) is 78.0 Å². The normalized spacial score (nSPS) is 12.4. The van der Waals surface area contributed by atoms with Gasteiger partial charge in [0.05, 0.1) is 4.90 Å². The van der Waals surface area contributed by atoms with Gasteiger partial charge in [0, 0.05) is 23.2 Å². The molecule has 0 aliphatic rings. The van der Waals surface area contributed by atoms with Gasteiger partial charge < -0.3 is 0 Å². The molecule has 0 saturated heterocycles. The van der Waals surface area contributed by atoms with Crippen LogP contribution >= 0.6 is 11.6 Å². The van der Waals surface area contributed by atoms with Crippen molar-refractivity contribution in [3.8, 4) is 22.4 Å². The number of rotatable bonds is 3. The van der Waals surface area contributed by atoms with E-state index in [2.05, 4.69) is 5.10 Å². The second-order valence-corrected chi connectivity index (χ2v) is 7.77. The van der Waals surface area contributed by atoms with Crippen LogP contribution in [0.5, 0.6) is 0 Å². The van der Waals surface area contributed by atoms with E-state index in [1.165, 1.54) is 55.6 Å². The number of aryl methyl sites for hydroxylation is 1. The van der Waals surface area contributed by atoms with Crippen LogP contribution in [0.4, 0.5) is 13.2 Å². The number of primary sulfonamides is 1. The molecule has 5 nitrogen and oxygen atoms in total. The Morgan fingerprint density at radius 3 is 2.00 bits per heavy atom. The SMILES string of the molecule is Cn1nc(-c2ccc(S(N)(=O)=O)cc2)c(-c2ccc(Cl)cc2)c1C(F)(F)F. The number of hydrogen-bond donors (Lipinski definition) is 1. The molecule has 0 spiro atoms. The maximum Gasteiger partial charge on any atom is 0.433 e. The van der Waals surface area contributed by atoms with Gasteiger partial charge in [-0.05, 0) is 29.8 Å². The minimum atomic E-state index is -4.64. The number of sulfonamides is 1. The fourth-order valence-corrected chi connectivity index (χ4v) is 3.39. The first-order valence-electron chi connectivity index (χ1n) is 7.52. The van der Waals surface area contributed by atoms with Crippen LogP contribution in [0.15, 0.2) is 53.4 Å². The summed E-state index contributed by atoms with van der Waals surface area (Å²) in [7, 11) is -2.72. The molecule has 1 aromatic heterocycles. The minimum absolute atomic E-state index is 0.0631. The Labute approximate surface area is 158 Å². The van der Waals surface area contributed by atoms with Crippen LogP contribution in [0, 0.1) is 0 Å². The Bertz CT molecular complexity index is 1090. The van der Waals surface area contributed by atoms with E-state index in [-0.39, 0.29) is 21.7 Å². The first kappa shape index (κ1) is 19.4. The lowest BCUT2D eigenvalue weighted by molar-refractivity contribution is -0.143. The summed E-state index contributed by atoms with van der Waals surface area (Å²) in [5, 5.41) is 9.46. The Morgan fingerprint density at radius 1 is 1.00 bits per heavy atom. The van der Waals surface area contributed by atoms with Crippen LogP contribution in [-0.2, 0) is 23.2 Å². The fraction of sp³-hybridized carbons (Fsp3) is 0.118. The van der Waals surface area contributed by atoms with Gasteiger partial charge in [-0.25, -0.2) is 13.6 Å². The zero-order valence-corrected chi connectivity index (χ0v) is 15.4. The smallest absolute Gasteiger partial charge is 0.262 e. The van der Waals surface area contributed by atoms with Crippen LogP contribution in [0.3, 0.4) is 0 Å². The van der Waals surface area contributed by atoms with Crippen molar-refractivity contribution >= 4 is 21.6 Å². The number of hydrogen-bond acceptors (Lipinski definition) is 3. The quantitative estimate of drug-likeness (QED) is 0.700. The van der Waals surface area contributed by atoms with E-state index in [1.54, 1.807) is 0 Å². The van der Waals surface area contributed by atoms with Gasteiger partial charge in [0.15, 0.2) is 5.69 Å². The van der Waals surface area contributed by atoms with E-state index in [9.17, 15) is 21.6 Å². The molecule has 3 aromatic rings. The van der Waals surface area contributed by atoms with Crippen LogP contribution in [-0.4, -0.2) is 18.2 Å². The van der Waals surface area contributed by atoms with E-state index < -0.39 is 21.9 Å². The summed E-state index contributed by atoms with van der Waals surface area (Å²) in [4.78, 5) is -0.147. The van der Waals surface area contributed by atoms with Gasteiger partial charge >= 0.3 is 6.18 Å². The summed E-state index contributed by atoms with van der Waals surface area (Å²) in [6.07, 6.45) is -4.64. The summed E-state index contributed by atoms with van der Waals surface area (Å²) in [6.45, 7) is 0. The van der Waals surface area contributed by atoms with Crippen molar-refractivity contribution in [2.24, 2.45) is 12.2 Å². The molecule has 0 fully saturated rings. The highest BCUT2D eigenvalue weighted by Gasteiger charge is 2.39. The van der Waals surface area contributed by atoms with Crippen LogP contribution < -0.4 is 5.14 Å². The van der Waals surface area contributed by atoms with Crippen molar-refractivity contribution < 1.29 is 21.6 Å². The molecular formula is C17H13ClF3N3O2S. The summed E-state index contributed by atoms with van der Waals surface area (Å²) in [6, 6.07) is 11.1. The van der Waals surface area contributed by atoms with Crippen LogP contribution in [0.25, 0.3) is 22.4 Å². The van der Waals surface area contributed by atoms with Gasteiger partial charge in [-0.3, -0.25) is 4.68 Å². The van der Waals surface area contributed by atoms with E-state index in [4.69, 9.17) is 16.7 Å². The Morgan fingerprint density at radius 2 is 1.52 bits per heavy atom. The third kappa shape index (κ3) is 3.85. The molecule has 27 heavy (non-hydrogen) atoms. The fourth-order valence-electron chi connectivity index (χ4n) is 2.74. The van der Waals surface area contributed by atoms with Crippen molar-refractivity contribution in [3.63, 3.8) is 0 Å². The molecule has 0 bridgehead atoms. The molecule has 0 amide bonds. The lowest BCUT2D eigenvalue weighted by atomic mass is 9.98. The number of halogens is 4. The maximum absolute atomic E-state index is 13.6. The largest absolute Gasteiger partial charge is 0.433 e. The third-order valence-electron chi connectivity index (χ3n) is 3.90. The second kappa shape index (κ2) is 6.66. The lowest BCUT2D eigenvalue weighted by Crippen LogP contribution is -2.13. The molecule has 3 rings (SSSR count). The number of nitrogens with zero attached hydrogens (tertiary/aromatic N) is 2. The molecule has 10 heteroatoms. The van der Waals surface area contributed by atoms with Gasteiger partial charge in [-0.15, -0.1) is 0 Å². The summed E-state index contributed by atoms with van der Waals surface area (Å²) >= 11 is 5.84. The Kier molecular flexibility index (Phi) is 4.79. The first-order chi connectivity index (χ1) is 12.5. The average molecular weight is 416 g/mol. The van der Waals surface area contributed by atoms with Crippen molar-refractivity contribution in [1.82, 2.24) is 9.78 Å². The molecule has 0 aliphatic heterocycles. The molecule has 0 atom stereocenters. The second-order valence-electron chi connectivity index (χ2n) is 5.77. The molecule has 142 valence electrons. The number of nitrogens with two attached hydrogens (primary N) is 1. The highest BCUT2D eigenvalue weighted by molar-refractivity contribution is 7.89. The average Bonchev–Trinajstić information content (AvgIpc) is 2.92. The number of alkyl halides is 3. The van der Waals surface area contributed by atoms with E-state index >= 15 is 0 Å². The third-order valence-corrected chi connectivity index (χ3v) is 5.09. The summed E-state index contributed by atoms with van der Waals surface area (Å²) in [5.74, 6) is 0. The molecule has 0 saturated carbocycles. The van der Waals surface area contributed by atoms with Gasteiger partial charge in [-0.2, -0.15) is 18.3 Å². The Hall–Kier alpha value is -2.36. The van der Waals surface area contributed by atoms with Crippen molar-refractivity contribution in [1.29, 1.82) is 0 Å². The van der Waals surface area contributed by atoms with Crippen LogP contribution in [0.1, 0.15) is 5.69 Å². The van der Waals surface area contributed by atoms with E-state index in [1.807, 2.05) is 0 Å². The van der Waals surface area contributed by atoms with Crippen molar-refractivity contribution in [2.45, 2.75) is 11.1 Å². The summed E-state index contributed by atoms with van der Waals surface area (Å²) < 4.78 is 64.5. The molecular weight excluding hydrogens is 403 g/mol. The Balaban J connectivity index is 2.26. The number of aromatic nitrogens is 2. The van der Waals surface area contributed by atoms with Crippen LogP contribution in [0.2, 0.25) is 5.02 Å². The highest BCUT2D eigenvalue weighted by atomic mass is 35.5.